The van der Waals surface area contributed by atoms with E-state index in [1.807, 2.05) is 0 Å². The van der Waals surface area contributed by atoms with E-state index >= 15 is 0 Å². The first-order chi connectivity index (χ1) is 9.90. The molecule has 1 aliphatic rings. The standard InChI is InChI=1S/C14H15ClF2O3S/c15-10-1-2-11(20-13(16)17)9(5-10)7-21-8-14(3-4-14)6-12(18)19/h1-2,5,13H,3-4,6-8H2,(H,18,19). The molecule has 7 heteroatoms. The predicted octanol–water partition coefficient (Wildman–Crippen LogP) is 4.43. The molecule has 0 unspecified atom stereocenters. The van der Waals surface area contributed by atoms with Crippen molar-refractivity contribution in [1.29, 1.82) is 0 Å². The predicted molar refractivity (Wildman–Crippen MR) is 78.2 cm³/mol. The monoisotopic (exact) mass is 336 g/mol. The molecule has 1 N–H and O–H groups in total. The lowest BCUT2D eigenvalue weighted by Gasteiger charge is -2.14. The highest BCUT2D eigenvalue weighted by molar-refractivity contribution is 7.98. The molecule has 1 aromatic carbocycles. The van der Waals surface area contributed by atoms with E-state index in [0.29, 0.717) is 22.1 Å². The van der Waals surface area contributed by atoms with Crippen molar-refractivity contribution >= 4 is 29.3 Å². The third-order valence-electron chi connectivity index (χ3n) is 3.39. The summed E-state index contributed by atoms with van der Waals surface area (Å²) in [5.41, 5.74) is 0.470. The van der Waals surface area contributed by atoms with E-state index in [4.69, 9.17) is 16.7 Å². The van der Waals surface area contributed by atoms with E-state index in [2.05, 4.69) is 4.74 Å². The van der Waals surface area contributed by atoms with Gasteiger partial charge < -0.3 is 9.84 Å². The molecule has 1 saturated carbocycles. The van der Waals surface area contributed by atoms with Crippen molar-refractivity contribution in [3.05, 3.63) is 28.8 Å². The largest absolute Gasteiger partial charge is 0.481 e. The molecule has 3 nitrogen and oxygen atoms in total. The average molecular weight is 337 g/mol. The van der Waals surface area contributed by atoms with Gasteiger partial charge in [-0.25, -0.2) is 0 Å². The Morgan fingerprint density at radius 1 is 1.48 bits per heavy atom. The van der Waals surface area contributed by atoms with Gasteiger partial charge in [0.1, 0.15) is 5.75 Å². The van der Waals surface area contributed by atoms with Crippen molar-refractivity contribution in [2.75, 3.05) is 5.75 Å². The first-order valence-corrected chi connectivity index (χ1v) is 7.96. The maximum atomic E-state index is 12.3. The zero-order valence-electron chi connectivity index (χ0n) is 11.2. The molecule has 0 spiro atoms. The number of hydrogen-bond donors (Lipinski definition) is 1. The van der Waals surface area contributed by atoms with Crippen molar-refractivity contribution < 1.29 is 23.4 Å². The maximum Gasteiger partial charge on any atom is 0.387 e. The van der Waals surface area contributed by atoms with Crippen molar-refractivity contribution in [2.45, 2.75) is 31.6 Å². The van der Waals surface area contributed by atoms with Gasteiger partial charge in [-0.05, 0) is 42.2 Å². The highest BCUT2D eigenvalue weighted by Crippen LogP contribution is 2.51. The number of benzene rings is 1. The second-order valence-corrected chi connectivity index (χ2v) is 6.62. The van der Waals surface area contributed by atoms with Crippen LogP contribution >= 0.6 is 23.4 Å². The van der Waals surface area contributed by atoms with E-state index in [-0.39, 0.29) is 17.6 Å². The number of hydrogen-bond acceptors (Lipinski definition) is 3. The molecular weight excluding hydrogens is 322 g/mol. The molecule has 21 heavy (non-hydrogen) atoms. The minimum absolute atomic E-state index is 0.116. The summed E-state index contributed by atoms with van der Waals surface area (Å²) in [5, 5.41) is 9.31. The molecule has 1 fully saturated rings. The molecule has 0 aromatic heterocycles. The lowest BCUT2D eigenvalue weighted by molar-refractivity contribution is -0.138. The Kier molecular flexibility index (Phi) is 5.32. The zero-order valence-corrected chi connectivity index (χ0v) is 12.7. The fourth-order valence-electron chi connectivity index (χ4n) is 2.12. The van der Waals surface area contributed by atoms with Gasteiger partial charge in [-0.2, -0.15) is 20.5 Å². The third kappa shape index (κ3) is 5.04. The van der Waals surface area contributed by atoms with Gasteiger partial charge in [-0.15, -0.1) is 0 Å². The van der Waals surface area contributed by atoms with E-state index in [1.165, 1.54) is 23.9 Å². The van der Waals surface area contributed by atoms with Gasteiger partial charge >= 0.3 is 12.6 Å². The molecule has 0 saturated heterocycles. The summed E-state index contributed by atoms with van der Waals surface area (Å²) in [7, 11) is 0. The lowest BCUT2D eigenvalue weighted by Crippen LogP contribution is -2.11. The van der Waals surface area contributed by atoms with E-state index in [1.54, 1.807) is 6.07 Å². The van der Waals surface area contributed by atoms with Crippen LogP contribution in [0.4, 0.5) is 8.78 Å². The molecule has 0 heterocycles. The SMILES string of the molecule is O=C(O)CC1(CSCc2cc(Cl)ccc2OC(F)F)CC1. The Labute approximate surface area is 130 Å². The lowest BCUT2D eigenvalue weighted by atomic mass is 10.1. The van der Waals surface area contributed by atoms with Crippen LogP contribution in [0.3, 0.4) is 0 Å². The molecular formula is C14H15ClF2O3S. The molecule has 0 aliphatic heterocycles. The van der Waals surface area contributed by atoms with Crippen LogP contribution in [0.2, 0.25) is 5.02 Å². The van der Waals surface area contributed by atoms with Crippen LogP contribution in [0.15, 0.2) is 18.2 Å². The normalized spacial score (nSPS) is 16.0. The van der Waals surface area contributed by atoms with Gasteiger partial charge in [0.2, 0.25) is 0 Å². The van der Waals surface area contributed by atoms with Gasteiger partial charge in [0.05, 0.1) is 6.42 Å². The first kappa shape index (κ1) is 16.4. The summed E-state index contributed by atoms with van der Waals surface area (Å²) in [5.74, 6) is 0.478. The van der Waals surface area contributed by atoms with E-state index in [9.17, 15) is 13.6 Å². The summed E-state index contributed by atoms with van der Waals surface area (Å²) < 4.78 is 29.1. The molecule has 1 aliphatic carbocycles. The number of halogens is 3. The summed E-state index contributed by atoms with van der Waals surface area (Å²) in [6.07, 6.45) is 1.97. The summed E-state index contributed by atoms with van der Waals surface area (Å²) in [6, 6.07) is 4.53. The second kappa shape index (κ2) is 6.83. The van der Waals surface area contributed by atoms with Crippen molar-refractivity contribution in [3.63, 3.8) is 0 Å². The van der Waals surface area contributed by atoms with Crippen LogP contribution in [0.5, 0.6) is 5.75 Å². The van der Waals surface area contributed by atoms with Crippen LogP contribution in [0.1, 0.15) is 24.8 Å². The Morgan fingerprint density at radius 2 is 2.19 bits per heavy atom. The van der Waals surface area contributed by atoms with Gasteiger partial charge in [-0.1, -0.05) is 11.6 Å². The number of carboxylic acid groups (broad SMARTS) is 1. The minimum Gasteiger partial charge on any atom is -0.481 e. The third-order valence-corrected chi connectivity index (χ3v) is 4.95. The Bertz CT molecular complexity index is 521. The fraction of sp³-hybridized carbons (Fsp3) is 0.500. The topological polar surface area (TPSA) is 46.5 Å². The van der Waals surface area contributed by atoms with Crippen LogP contribution in [-0.2, 0) is 10.5 Å². The number of carbonyl (C=O) groups is 1. The van der Waals surface area contributed by atoms with Crippen molar-refractivity contribution in [3.8, 4) is 5.75 Å². The van der Waals surface area contributed by atoms with Gasteiger partial charge in [-0.3, -0.25) is 4.79 Å². The number of alkyl halides is 2. The van der Waals surface area contributed by atoms with Crippen LogP contribution in [0, 0.1) is 5.41 Å². The quantitative estimate of drug-likeness (QED) is 0.763. The van der Waals surface area contributed by atoms with Crippen LogP contribution in [-0.4, -0.2) is 23.4 Å². The van der Waals surface area contributed by atoms with Gasteiger partial charge in [0.25, 0.3) is 0 Å². The number of aliphatic carboxylic acids is 1. The van der Waals surface area contributed by atoms with E-state index < -0.39 is 12.6 Å². The Balaban J connectivity index is 1.93. The number of ether oxygens (including phenoxy) is 1. The number of carboxylic acids is 1. The summed E-state index contributed by atoms with van der Waals surface area (Å²) in [4.78, 5) is 10.8. The van der Waals surface area contributed by atoms with Gasteiger partial charge in [0, 0.05) is 16.3 Å². The van der Waals surface area contributed by atoms with Crippen molar-refractivity contribution in [1.82, 2.24) is 0 Å². The second-order valence-electron chi connectivity index (χ2n) is 5.19. The van der Waals surface area contributed by atoms with Crippen LogP contribution in [0.25, 0.3) is 0 Å². The molecule has 0 atom stereocenters. The molecule has 0 bridgehead atoms. The smallest absolute Gasteiger partial charge is 0.387 e. The minimum atomic E-state index is -2.88. The van der Waals surface area contributed by atoms with Crippen LogP contribution < -0.4 is 4.74 Å². The molecule has 0 amide bonds. The van der Waals surface area contributed by atoms with Gasteiger partial charge in [0.15, 0.2) is 0 Å². The Hall–Kier alpha value is -1.01. The highest BCUT2D eigenvalue weighted by atomic mass is 35.5. The fourth-order valence-corrected chi connectivity index (χ4v) is 3.68. The zero-order chi connectivity index (χ0) is 15.5. The number of thioether (sulfide) groups is 1. The highest BCUT2D eigenvalue weighted by Gasteiger charge is 2.44. The summed E-state index contributed by atoms with van der Waals surface area (Å²) in [6.45, 7) is -2.88. The van der Waals surface area contributed by atoms with Crippen molar-refractivity contribution in [2.24, 2.45) is 5.41 Å². The first-order valence-electron chi connectivity index (χ1n) is 6.43. The maximum absolute atomic E-state index is 12.3. The van der Waals surface area contributed by atoms with E-state index in [0.717, 1.165) is 12.8 Å². The molecule has 1 aromatic rings. The average Bonchev–Trinajstić information content (AvgIpc) is 3.11. The molecule has 116 valence electrons. The molecule has 0 radical (unpaired) electrons. The Morgan fingerprint density at radius 3 is 2.76 bits per heavy atom. The number of rotatable bonds is 8. The summed E-state index contributed by atoms with van der Waals surface area (Å²) >= 11 is 7.39. The molecule has 2 rings (SSSR count).